The number of ether oxygens (including phenoxy) is 2. The van der Waals surface area contributed by atoms with Crippen LogP contribution in [0.15, 0.2) is 66.2 Å². The Morgan fingerprint density at radius 3 is 2.57 bits per heavy atom. The van der Waals surface area contributed by atoms with Crippen LogP contribution in [0.2, 0.25) is 0 Å². The molecule has 28 heavy (non-hydrogen) atoms. The summed E-state index contributed by atoms with van der Waals surface area (Å²) in [5.74, 6) is 3.27. The number of hydrogen-bond acceptors (Lipinski definition) is 5. The molecule has 0 unspecified atom stereocenters. The topological polar surface area (TPSA) is 47.7 Å². The first-order valence-corrected chi connectivity index (χ1v) is 8.88. The maximum atomic E-state index is 6.31. The van der Waals surface area contributed by atoms with E-state index in [1.54, 1.807) is 18.3 Å². The molecule has 0 amide bonds. The molecule has 4 heterocycles. The number of pyridine rings is 1. The highest BCUT2D eigenvalue weighted by Gasteiger charge is 2.36. The molecule has 2 aliphatic rings. The molecule has 5 heteroatoms. The van der Waals surface area contributed by atoms with E-state index < -0.39 is 0 Å². The molecule has 134 valence electrons. The summed E-state index contributed by atoms with van der Waals surface area (Å²) in [5.41, 5.74) is 4.14. The van der Waals surface area contributed by atoms with E-state index in [9.17, 15) is 0 Å². The van der Waals surface area contributed by atoms with Crippen molar-refractivity contribution < 1.29 is 13.9 Å². The van der Waals surface area contributed by atoms with Crippen molar-refractivity contribution in [1.82, 2.24) is 4.98 Å². The summed E-state index contributed by atoms with van der Waals surface area (Å²) in [6.45, 7) is 7.75. The van der Waals surface area contributed by atoms with Crippen LogP contribution in [0.3, 0.4) is 0 Å². The van der Waals surface area contributed by atoms with E-state index in [0.29, 0.717) is 34.5 Å². The first-order chi connectivity index (χ1) is 13.8. The van der Waals surface area contributed by atoms with Crippen LogP contribution < -0.4 is 14.4 Å². The summed E-state index contributed by atoms with van der Waals surface area (Å²) in [5, 5.41) is 0.933. The van der Waals surface area contributed by atoms with Crippen molar-refractivity contribution in [2.75, 3.05) is 4.90 Å². The lowest BCUT2D eigenvalue weighted by atomic mass is 10.1. The molecule has 0 atom stereocenters. The summed E-state index contributed by atoms with van der Waals surface area (Å²) in [7, 11) is 0. The molecule has 0 fully saturated rings. The molecule has 2 aliphatic heterocycles. The lowest BCUT2D eigenvalue weighted by Gasteiger charge is -2.36. The summed E-state index contributed by atoms with van der Waals surface area (Å²) < 4.78 is 18.4. The molecular formula is C23H14N2O3. The Labute approximate surface area is 160 Å². The summed E-state index contributed by atoms with van der Waals surface area (Å²) >= 11 is 0. The van der Waals surface area contributed by atoms with E-state index in [1.165, 1.54) is 0 Å². The zero-order valence-electron chi connectivity index (χ0n) is 14.8. The van der Waals surface area contributed by atoms with Crippen LogP contribution in [0.1, 0.15) is 11.3 Å². The second-order valence-electron chi connectivity index (χ2n) is 6.55. The van der Waals surface area contributed by atoms with Gasteiger partial charge < -0.3 is 13.9 Å². The molecule has 0 bridgehead atoms. The van der Waals surface area contributed by atoms with Gasteiger partial charge in [-0.25, -0.2) is 4.98 Å². The van der Waals surface area contributed by atoms with Crippen molar-refractivity contribution in [2.24, 2.45) is 0 Å². The first-order valence-electron chi connectivity index (χ1n) is 8.88. The second kappa shape index (κ2) is 5.27. The average molecular weight is 366 g/mol. The van der Waals surface area contributed by atoms with E-state index in [4.69, 9.17) is 13.9 Å². The highest BCUT2D eigenvalue weighted by Crippen LogP contribution is 2.60. The fourth-order valence-corrected chi connectivity index (χ4v) is 3.90. The van der Waals surface area contributed by atoms with Crippen molar-refractivity contribution in [3.63, 3.8) is 0 Å². The number of aromatic nitrogens is 1. The average Bonchev–Trinajstić information content (AvgIpc) is 3.11. The van der Waals surface area contributed by atoms with Crippen molar-refractivity contribution in [1.29, 1.82) is 0 Å². The molecule has 0 saturated carbocycles. The maximum Gasteiger partial charge on any atom is 0.243 e. The van der Waals surface area contributed by atoms with Crippen molar-refractivity contribution in [3.8, 4) is 23.1 Å². The van der Waals surface area contributed by atoms with Gasteiger partial charge in [-0.2, -0.15) is 0 Å². The van der Waals surface area contributed by atoms with Crippen molar-refractivity contribution >= 4 is 40.2 Å². The third-order valence-corrected chi connectivity index (χ3v) is 5.09. The normalized spacial score (nSPS) is 13.1. The van der Waals surface area contributed by atoms with Crippen LogP contribution in [-0.2, 0) is 0 Å². The number of furan rings is 1. The van der Waals surface area contributed by atoms with E-state index >= 15 is 0 Å². The molecule has 0 saturated heterocycles. The highest BCUT2D eigenvalue weighted by atomic mass is 16.5. The van der Waals surface area contributed by atoms with Gasteiger partial charge in [0.1, 0.15) is 17.1 Å². The van der Waals surface area contributed by atoms with E-state index in [1.807, 2.05) is 42.5 Å². The molecular weight excluding hydrogens is 352 g/mol. The SMILES string of the molecule is C=Cc1oc2c3c(ccc2c1C=C)N1c2cccnc2Oc2cccc(c21)O3. The predicted molar refractivity (Wildman–Crippen MR) is 109 cm³/mol. The molecule has 4 aromatic rings. The second-order valence-corrected chi connectivity index (χ2v) is 6.55. The Morgan fingerprint density at radius 1 is 0.893 bits per heavy atom. The minimum Gasteiger partial charge on any atom is -0.452 e. The number of fused-ring (bicyclic) bond motifs is 6. The van der Waals surface area contributed by atoms with Crippen LogP contribution in [0.4, 0.5) is 17.1 Å². The third-order valence-electron chi connectivity index (χ3n) is 5.09. The fourth-order valence-electron chi connectivity index (χ4n) is 3.90. The predicted octanol–water partition coefficient (Wildman–Crippen LogP) is 6.80. The van der Waals surface area contributed by atoms with Gasteiger partial charge >= 0.3 is 0 Å². The summed E-state index contributed by atoms with van der Waals surface area (Å²) in [6.07, 6.45) is 5.18. The lowest BCUT2D eigenvalue weighted by molar-refractivity contribution is 0.432. The number of rotatable bonds is 2. The minimum absolute atomic E-state index is 0.554. The van der Waals surface area contributed by atoms with Crippen LogP contribution in [0.25, 0.3) is 23.1 Å². The van der Waals surface area contributed by atoms with Crippen LogP contribution in [0.5, 0.6) is 23.1 Å². The van der Waals surface area contributed by atoms with Gasteiger partial charge in [-0.15, -0.1) is 0 Å². The van der Waals surface area contributed by atoms with E-state index in [-0.39, 0.29) is 0 Å². The Hall–Kier alpha value is -3.99. The number of hydrogen-bond donors (Lipinski definition) is 0. The maximum absolute atomic E-state index is 6.31. The molecule has 2 aromatic heterocycles. The van der Waals surface area contributed by atoms with Gasteiger partial charge in [0.25, 0.3) is 0 Å². The number of nitrogens with zero attached hydrogens (tertiary/aromatic N) is 2. The standard InChI is InChI=1S/C23H14N2O3/c1-3-13-14-10-11-15-22(21(14)26-17(13)4-2)27-18-8-5-9-19-20(18)25(15)16-7-6-12-24-23(16)28-19/h3-12H,1-2H2. The molecule has 0 N–H and O–H groups in total. The van der Waals surface area contributed by atoms with E-state index in [0.717, 1.165) is 28.0 Å². The molecule has 6 rings (SSSR count). The quantitative estimate of drug-likeness (QED) is 0.337. The van der Waals surface area contributed by atoms with Gasteiger partial charge in [-0.05, 0) is 42.5 Å². The highest BCUT2D eigenvalue weighted by molar-refractivity contribution is 6.02. The monoisotopic (exact) mass is 366 g/mol. The molecule has 0 radical (unpaired) electrons. The van der Waals surface area contributed by atoms with Gasteiger partial charge in [-0.1, -0.05) is 25.3 Å². The Balaban J connectivity index is 1.71. The molecule has 2 aromatic carbocycles. The zero-order chi connectivity index (χ0) is 18.8. The number of anilines is 3. The van der Waals surface area contributed by atoms with Crippen molar-refractivity contribution in [3.05, 3.63) is 73.1 Å². The Morgan fingerprint density at radius 2 is 1.75 bits per heavy atom. The van der Waals surface area contributed by atoms with Gasteiger partial charge in [0.2, 0.25) is 5.88 Å². The lowest BCUT2D eigenvalue weighted by Crippen LogP contribution is -2.20. The zero-order valence-corrected chi connectivity index (χ0v) is 14.8. The Kier molecular flexibility index (Phi) is 2.84. The number of para-hydroxylation sites is 1. The smallest absolute Gasteiger partial charge is 0.243 e. The first kappa shape index (κ1) is 15.1. The fraction of sp³-hybridized carbons (Fsp3) is 0. The molecule has 0 spiro atoms. The van der Waals surface area contributed by atoms with Gasteiger partial charge in [-0.3, -0.25) is 4.90 Å². The number of benzene rings is 2. The van der Waals surface area contributed by atoms with Crippen molar-refractivity contribution in [2.45, 2.75) is 0 Å². The van der Waals surface area contributed by atoms with Crippen LogP contribution in [-0.4, -0.2) is 4.98 Å². The summed E-state index contributed by atoms with van der Waals surface area (Å²) in [4.78, 5) is 6.51. The van der Waals surface area contributed by atoms with Crippen LogP contribution in [0, 0.1) is 0 Å². The van der Waals surface area contributed by atoms with Gasteiger partial charge in [0, 0.05) is 17.1 Å². The van der Waals surface area contributed by atoms with Gasteiger partial charge in [0.05, 0.1) is 5.69 Å². The molecule has 5 nitrogen and oxygen atoms in total. The molecule has 0 aliphatic carbocycles. The summed E-state index contributed by atoms with van der Waals surface area (Å²) in [6, 6.07) is 13.6. The van der Waals surface area contributed by atoms with Crippen LogP contribution >= 0.6 is 0 Å². The third kappa shape index (κ3) is 1.77. The van der Waals surface area contributed by atoms with E-state index in [2.05, 4.69) is 23.0 Å². The van der Waals surface area contributed by atoms with Gasteiger partial charge in [0.15, 0.2) is 22.8 Å². The minimum atomic E-state index is 0.554. The largest absolute Gasteiger partial charge is 0.452 e. The Bertz CT molecular complexity index is 1320.